The SMILES string of the molecule is CC(=O)O.CC(C)c1ccc(O)cc1. The molecule has 0 unspecified atom stereocenters. The topological polar surface area (TPSA) is 57.5 Å². The Morgan fingerprint density at radius 1 is 1.21 bits per heavy atom. The van der Waals surface area contributed by atoms with Gasteiger partial charge in [-0.05, 0) is 23.6 Å². The summed E-state index contributed by atoms with van der Waals surface area (Å²) in [6.45, 7) is 5.35. The van der Waals surface area contributed by atoms with Gasteiger partial charge in [0.2, 0.25) is 0 Å². The Balaban J connectivity index is 0.000000364. The number of carbonyl (C=O) groups is 1. The molecule has 0 heterocycles. The van der Waals surface area contributed by atoms with E-state index >= 15 is 0 Å². The van der Waals surface area contributed by atoms with E-state index in [9.17, 15) is 0 Å². The maximum absolute atomic E-state index is 9.00. The molecule has 0 atom stereocenters. The molecule has 0 spiro atoms. The van der Waals surface area contributed by atoms with E-state index < -0.39 is 5.97 Å². The maximum atomic E-state index is 9.00. The minimum atomic E-state index is -0.833. The van der Waals surface area contributed by atoms with Crippen LogP contribution in [0.1, 0.15) is 32.3 Å². The van der Waals surface area contributed by atoms with Gasteiger partial charge in [-0.25, -0.2) is 0 Å². The van der Waals surface area contributed by atoms with Gasteiger partial charge >= 0.3 is 0 Å². The number of aromatic hydroxyl groups is 1. The summed E-state index contributed by atoms with van der Waals surface area (Å²) in [5.41, 5.74) is 1.26. The third kappa shape index (κ3) is 6.06. The molecule has 1 aromatic rings. The Kier molecular flexibility index (Phi) is 5.37. The lowest BCUT2D eigenvalue weighted by molar-refractivity contribution is -0.134. The van der Waals surface area contributed by atoms with Crippen molar-refractivity contribution in [2.24, 2.45) is 0 Å². The van der Waals surface area contributed by atoms with Gasteiger partial charge in [-0.2, -0.15) is 0 Å². The lowest BCUT2D eigenvalue weighted by Gasteiger charge is -2.03. The Morgan fingerprint density at radius 3 is 1.86 bits per heavy atom. The standard InChI is InChI=1S/C9H12O.C2H4O2/c1-7(2)8-3-5-9(10)6-4-8;1-2(3)4/h3-7,10H,1-2H3;1H3,(H,3,4). The van der Waals surface area contributed by atoms with Crippen molar-refractivity contribution in [2.75, 3.05) is 0 Å². The first-order valence-corrected chi connectivity index (χ1v) is 4.42. The molecule has 78 valence electrons. The Hall–Kier alpha value is -1.51. The summed E-state index contributed by atoms with van der Waals surface area (Å²) < 4.78 is 0. The second-order valence-electron chi connectivity index (χ2n) is 3.27. The van der Waals surface area contributed by atoms with Crippen molar-refractivity contribution in [2.45, 2.75) is 26.7 Å². The highest BCUT2D eigenvalue weighted by molar-refractivity contribution is 5.62. The molecule has 3 nitrogen and oxygen atoms in total. The van der Waals surface area contributed by atoms with Gasteiger partial charge in [0.25, 0.3) is 5.97 Å². The van der Waals surface area contributed by atoms with Crippen LogP contribution in [0.5, 0.6) is 5.75 Å². The molecule has 0 aliphatic heterocycles. The first-order valence-electron chi connectivity index (χ1n) is 4.42. The van der Waals surface area contributed by atoms with Crippen LogP contribution in [0.4, 0.5) is 0 Å². The maximum Gasteiger partial charge on any atom is 0.300 e. The molecule has 0 amide bonds. The van der Waals surface area contributed by atoms with E-state index in [0.717, 1.165) is 6.92 Å². The Labute approximate surface area is 84.0 Å². The average Bonchev–Trinajstić information content (AvgIpc) is 2.03. The fraction of sp³-hybridized carbons (Fsp3) is 0.364. The summed E-state index contributed by atoms with van der Waals surface area (Å²) in [4.78, 5) is 9.00. The highest BCUT2D eigenvalue weighted by atomic mass is 16.4. The van der Waals surface area contributed by atoms with Crippen molar-refractivity contribution < 1.29 is 15.0 Å². The van der Waals surface area contributed by atoms with Gasteiger partial charge in [0.15, 0.2) is 0 Å². The number of hydrogen-bond donors (Lipinski definition) is 2. The fourth-order valence-electron chi connectivity index (χ4n) is 0.859. The normalized spacial score (nSPS) is 9.14. The molecule has 1 rings (SSSR count). The van der Waals surface area contributed by atoms with Crippen LogP contribution in [0.2, 0.25) is 0 Å². The lowest BCUT2D eigenvalue weighted by atomic mass is 10.0. The minimum Gasteiger partial charge on any atom is -0.508 e. The average molecular weight is 196 g/mol. The molecule has 0 aliphatic carbocycles. The van der Waals surface area contributed by atoms with E-state index in [1.165, 1.54) is 5.56 Å². The molecular formula is C11H16O3. The van der Waals surface area contributed by atoms with Crippen LogP contribution in [0.15, 0.2) is 24.3 Å². The van der Waals surface area contributed by atoms with E-state index in [2.05, 4.69) is 13.8 Å². The van der Waals surface area contributed by atoms with Gasteiger partial charge in [-0.1, -0.05) is 26.0 Å². The molecule has 0 bridgehead atoms. The summed E-state index contributed by atoms with van der Waals surface area (Å²) in [5, 5.41) is 16.4. The van der Waals surface area contributed by atoms with Crippen LogP contribution in [-0.4, -0.2) is 16.2 Å². The van der Waals surface area contributed by atoms with Crippen molar-refractivity contribution >= 4 is 5.97 Å². The Bertz CT molecular complexity index is 271. The second-order valence-corrected chi connectivity index (χ2v) is 3.27. The molecular weight excluding hydrogens is 180 g/mol. The monoisotopic (exact) mass is 196 g/mol. The van der Waals surface area contributed by atoms with E-state index in [1.807, 2.05) is 12.1 Å². The number of carboxylic acids is 1. The molecule has 0 aliphatic rings. The largest absolute Gasteiger partial charge is 0.508 e. The van der Waals surface area contributed by atoms with Gasteiger partial charge in [-0.3, -0.25) is 4.79 Å². The van der Waals surface area contributed by atoms with Gasteiger partial charge in [0.05, 0.1) is 0 Å². The fourth-order valence-corrected chi connectivity index (χ4v) is 0.859. The van der Waals surface area contributed by atoms with Crippen molar-refractivity contribution in [3.05, 3.63) is 29.8 Å². The first kappa shape index (κ1) is 12.5. The van der Waals surface area contributed by atoms with E-state index in [1.54, 1.807) is 12.1 Å². The number of rotatable bonds is 1. The summed E-state index contributed by atoms with van der Waals surface area (Å²) in [5.74, 6) is 0.0463. The summed E-state index contributed by atoms with van der Waals surface area (Å²) in [6.07, 6.45) is 0. The molecule has 14 heavy (non-hydrogen) atoms. The third-order valence-corrected chi connectivity index (χ3v) is 1.56. The van der Waals surface area contributed by atoms with Crippen molar-refractivity contribution in [1.82, 2.24) is 0 Å². The molecule has 0 aromatic heterocycles. The van der Waals surface area contributed by atoms with E-state index in [-0.39, 0.29) is 0 Å². The predicted octanol–water partition coefficient (Wildman–Crippen LogP) is 2.61. The lowest BCUT2D eigenvalue weighted by Crippen LogP contribution is -1.84. The minimum absolute atomic E-state index is 0.337. The summed E-state index contributed by atoms with van der Waals surface area (Å²) >= 11 is 0. The van der Waals surface area contributed by atoms with Crippen LogP contribution in [0.25, 0.3) is 0 Å². The molecule has 0 radical (unpaired) electrons. The van der Waals surface area contributed by atoms with Crippen LogP contribution >= 0.6 is 0 Å². The number of phenols is 1. The van der Waals surface area contributed by atoms with Crippen LogP contribution < -0.4 is 0 Å². The number of benzene rings is 1. The number of carboxylic acid groups (broad SMARTS) is 1. The Morgan fingerprint density at radius 2 is 1.57 bits per heavy atom. The zero-order valence-electron chi connectivity index (χ0n) is 8.69. The highest BCUT2D eigenvalue weighted by Gasteiger charge is 1.96. The van der Waals surface area contributed by atoms with Crippen LogP contribution in [0.3, 0.4) is 0 Å². The molecule has 3 heteroatoms. The van der Waals surface area contributed by atoms with Gasteiger partial charge in [0.1, 0.15) is 5.75 Å². The van der Waals surface area contributed by atoms with E-state index in [0.29, 0.717) is 11.7 Å². The second kappa shape index (κ2) is 6.02. The molecule has 0 saturated heterocycles. The van der Waals surface area contributed by atoms with Crippen molar-refractivity contribution in [3.8, 4) is 5.75 Å². The van der Waals surface area contributed by atoms with Gasteiger partial charge < -0.3 is 10.2 Å². The first-order chi connectivity index (χ1) is 6.43. The van der Waals surface area contributed by atoms with E-state index in [4.69, 9.17) is 15.0 Å². The number of aliphatic carboxylic acids is 1. The third-order valence-electron chi connectivity index (χ3n) is 1.56. The molecule has 0 saturated carbocycles. The summed E-state index contributed by atoms with van der Waals surface area (Å²) in [7, 11) is 0. The number of phenolic OH excluding ortho intramolecular Hbond substituents is 1. The molecule has 2 N–H and O–H groups in total. The summed E-state index contributed by atoms with van der Waals surface area (Å²) in [6, 6.07) is 7.32. The van der Waals surface area contributed by atoms with Crippen molar-refractivity contribution in [1.29, 1.82) is 0 Å². The van der Waals surface area contributed by atoms with Crippen LogP contribution in [-0.2, 0) is 4.79 Å². The molecule has 1 aromatic carbocycles. The predicted molar refractivity (Wildman–Crippen MR) is 55.5 cm³/mol. The smallest absolute Gasteiger partial charge is 0.300 e. The highest BCUT2D eigenvalue weighted by Crippen LogP contribution is 2.16. The van der Waals surface area contributed by atoms with Gasteiger partial charge in [-0.15, -0.1) is 0 Å². The quantitative estimate of drug-likeness (QED) is 0.725. The zero-order chi connectivity index (χ0) is 11.1. The van der Waals surface area contributed by atoms with Gasteiger partial charge in [0, 0.05) is 6.92 Å². The van der Waals surface area contributed by atoms with Crippen molar-refractivity contribution in [3.63, 3.8) is 0 Å². The zero-order valence-corrected chi connectivity index (χ0v) is 8.69. The van der Waals surface area contributed by atoms with Crippen LogP contribution in [0, 0.1) is 0 Å². The number of hydrogen-bond acceptors (Lipinski definition) is 2. The molecule has 0 fully saturated rings.